The van der Waals surface area contributed by atoms with E-state index in [2.05, 4.69) is 5.32 Å². The molecule has 23 heavy (non-hydrogen) atoms. The number of halogens is 1. The van der Waals surface area contributed by atoms with Crippen LogP contribution in [-0.4, -0.2) is 35.8 Å². The van der Waals surface area contributed by atoms with Crippen LogP contribution in [0.2, 0.25) is 0 Å². The first kappa shape index (κ1) is 17.4. The van der Waals surface area contributed by atoms with Crippen LogP contribution in [0.3, 0.4) is 0 Å². The number of hydrogen-bond acceptors (Lipinski definition) is 2. The van der Waals surface area contributed by atoms with E-state index in [0.717, 1.165) is 18.4 Å². The maximum Gasteiger partial charge on any atom is 0.221 e. The normalized spacial score (nSPS) is 14.7. The van der Waals surface area contributed by atoms with Crippen molar-refractivity contribution >= 4 is 11.8 Å². The van der Waals surface area contributed by atoms with Crippen molar-refractivity contribution in [3.05, 3.63) is 35.6 Å². The van der Waals surface area contributed by atoms with Gasteiger partial charge in [0.05, 0.1) is 0 Å². The summed E-state index contributed by atoms with van der Waals surface area (Å²) in [6.45, 7) is 2.48. The Hall–Kier alpha value is -1.91. The summed E-state index contributed by atoms with van der Waals surface area (Å²) in [5, 5.41) is 3.03. The van der Waals surface area contributed by atoms with Gasteiger partial charge in [0.2, 0.25) is 11.8 Å². The molecule has 1 aliphatic rings. The Balaban J connectivity index is 1.75. The van der Waals surface area contributed by atoms with Crippen LogP contribution in [0.1, 0.15) is 44.6 Å². The molecule has 1 saturated carbocycles. The van der Waals surface area contributed by atoms with Gasteiger partial charge in [-0.1, -0.05) is 25.0 Å². The van der Waals surface area contributed by atoms with Crippen molar-refractivity contribution in [2.75, 3.05) is 13.1 Å². The minimum atomic E-state index is -0.263. The number of carbonyl (C=O) groups is 2. The van der Waals surface area contributed by atoms with E-state index >= 15 is 0 Å². The molecule has 0 unspecified atom stereocenters. The highest BCUT2D eigenvalue weighted by Crippen LogP contribution is 2.17. The van der Waals surface area contributed by atoms with E-state index in [1.165, 1.54) is 31.9 Å². The van der Waals surface area contributed by atoms with E-state index < -0.39 is 0 Å². The number of nitrogens with one attached hydrogen (secondary N) is 1. The SMILES string of the molecule is CC(=O)N(CCC(=O)NC1CCCC1)CCc1ccc(F)cc1. The standard InChI is InChI=1S/C18H25FN2O2/c1-14(22)21(12-10-15-6-8-16(19)9-7-15)13-11-18(23)20-17-4-2-3-5-17/h6-9,17H,2-5,10-13H2,1H3,(H,20,23). The van der Waals surface area contributed by atoms with Crippen molar-refractivity contribution in [1.82, 2.24) is 10.2 Å². The lowest BCUT2D eigenvalue weighted by atomic mass is 10.1. The van der Waals surface area contributed by atoms with Crippen LogP contribution >= 0.6 is 0 Å². The van der Waals surface area contributed by atoms with Crippen LogP contribution in [0.5, 0.6) is 0 Å². The molecule has 0 radical (unpaired) electrons. The zero-order valence-corrected chi connectivity index (χ0v) is 13.7. The van der Waals surface area contributed by atoms with Crippen molar-refractivity contribution in [1.29, 1.82) is 0 Å². The lowest BCUT2D eigenvalue weighted by Gasteiger charge is -2.21. The van der Waals surface area contributed by atoms with E-state index in [9.17, 15) is 14.0 Å². The molecular weight excluding hydrogens is 295 g/mol. The zero-order chi connectivity index (χ0) is 16.7. The highest BCUT2D eigenvalue weighted by Gasteiger charge is 2.18. The Morgan fingerprint density at radius 2 is 1.83 bits per heavy atom. The first-order valence-electron chi connectivity index (χ1n) is 8.34. The Morgan fingerprint density at radius 1 is 1.17 bits per heavy atom. The van der Waals surface area contributed by atoms with E-state index in [0.29, 0.717) is 32.0 Å². The molecule has 2 amide bonds. The second-order valence-electron chi connectivity index (χ2n) is 6.18. The van der Waals surface area contributed by atoms with Crippen LogP contribution in [0.4, 0.5) is 4.39 Å². The summed E-state index contributed by atoms with van der Waals surface area (Å²) < 4.78 is 12.9. The minimum Gasteiger partial charge on any atom is -0.353 e. The van der Waals surface area contributed by atoms with Gasteiger partial charge in [0.25, 0.3) is 0 Å². The lowest BCUT2D eigenvalue weighted by Crippen LogP contribution is -2.37. The topological polar surface area (TPSA) is 49.4 Å². The summed E-state index contributed by atoms with van der Waals surface area (Å²) in [5.41, 5.74) is 0.980. The molecule has 1 aromatic carbocycles. The van der Waals surface area contributed by atoms with Gasteiger partial charge in [-0.15, -0.1) is 0 Å². The molecule has 126 valence electrons. The summed E-state index contributed by atoms with van der Waals surface area (Å²) in [5.74, 6) is -0.286. The van der Waals surface area contributed by atoms with Gasteiger partial charge in [-0.25, -0.2) is 4.39 Å². The van der Waals surface area contributed by atoms with Gasteiger partial charge in [-0.3, -0.25) is 9.59 Å². The molecule has 1 N–H and O–H groups in total. The van der Waals surface area contributed by atoms with Gasteiger partial charge in [-0.05, 0) is 37.0 Å². The smallest absolute Gasteiger partial charge is 0.221 e. The maximum absolute atomic E-state index is 12.9. The first-order chi connectivity index (χ1) is 11.0. The highest BCUT2D eigenvalue weighted by molar-refractivity contribution is 5.78. The van der Waals surface area contributed by atoms with Gasteiger partial charge >= 0.3 is 0 Å². The van der Waals surface area contributed by atoms with Gasteiger partial charge < -0.3 is 10.2 Å². The zero-order valence-electron chi connectivity index (χ0n) is 13.7. The quantitative estimate of drug-likeness (QED) is 0.840. The number of benzene rings is 1. The summed E-state index contributed by atoms with van der Waals surface area (Å²) in [7, 11) is 0. The molecule has 0 spiro atoms. The molecule has 2 rings (SSSR count). The van der Waals surface area contributed by atoms with E-state index in [-0.39, 0.29) is 17.6 Å². The predicted molar refractivity (Wildman–Crippen MR) is 87.4 cm³/mol. The Labute approximate surface area is 137 Å². The summed E-state index contributed by atoms with van der Waals surface area (Å²) in [6, 6.07) is 6.60. The van der Waals surface area contributed by atoms with Crippen molar-refractivity contribution in [3.8, 4) is 0 Å². The number of amides is 2. The Bertz CT molecular complexity index is 524. The third-order valence-electron chi connectivity index (χ3n) is 4.36. The minimum absolute atomic E-state index is 0.0185. The van der Waals surface area contributed by atoms with Crippen LogP contribution < -0.4 is 5.32 Å². The van der Waals surface area contributed by atoms with Crippen molar-refractivity contribution in [2.45, 2.75) is 51.5 Å². The molecule has 1 fully saturated rings. The monoisotopic (exact) mass is 320 g/mol. The molecule has 0 aromatic heterocycles. The molecule has 0 heterocycles. The molecule has 0 atom stereocenters. The van der Waals surface area contributed by atoms with Crippen LogP contribution in [0.15, 0.2) is 24.3 Å². The largest absolute Gasteiger partial charge is 0.353 e. The van der Waals surface area contributed by atoms with E-state index in [1.54, 1.807) is 17.0 Å². The second-order valence-corrected chi connectivity index (χ2v) is 6.18. The van der Waals surface area contributed by atoms with Gasteiger partial charge in [0, 0.05) is 32.5 Å². The maximum atomic E-state index is 12.9. The van der Waals surface area contributed by atoms with Crippen LogP contribution in [0.25, 0.3) is 0 Å². The summed E-state index contributed by atoms with van der Waals surface area (Å²) in [4.78, 5) is 25.3. The number of carbonyl (C=O) groups excluding carboxylic acids is 2. The van der Waals surface area contributed by atoms with Crippen molar-refractivity contribution in [3.63, 3.8) is 0 Å². The highest BCUT2D eigenvalue weighted by atomic mass is 19.1. The Kier molecular flexibility index (Phi) is 6.56. The number of hydrogen-bond donors (Lipinski definition) is 1. The average Bonchev–Trinajstić information content (AvgIpc) is 3.01. The molecule has 0 saturated heterocycles. The molecule has 1 aliphatic carbocycles. The first-order valence-corrected chi connectivity index (χ1v) is 8.34. The molecule has 5 heteroatoms. The lowest BCUT2D eigenvalue weighted by molar-refractivity contribution is -0.129. The summed E-state index contributed by atoms with van der Waals surface area (Å²) in [6.07, 6.45) is 5.48. The fourth-order valence-electron chi connectivity index (χ4n) is 2.95. The number of nitrogens with zero attached hydrogens (tertiary/aromatic N) is 1. The van der Waals surface area contributed by atoms with Gasteiger partial charge in [0.15, 0.2) is 0 Å². The molecule has 4 nitrogen and oxygen atoms in total. The third kappa shape index (κ3) is 6.00. The molecule has 0 aliphatic heterocycles. The van der Waals surface area contributed by atoms with Gasteiger partial charge in [-0.2, -0.15) is 0 Å². The fraction of sp³-hybridized carbons (Fsp3) is 0.556. The van der Waals surface area contributed by atoms with Crippen LogP contribution in [0, 0.1) is 5.82 Å². The molecule has 1 aromatic rings. The third-order valence-corrected chi connectivity index (χ3v) is 4.36. The second kappa shape index (κ2) is 8.65. The number of rotatable bonds is 7. The van der Waals surface area contributed by atoms with Crippen molar-refractivity contribution < 1.29 is 14.0 Å². The average molecular weight is 320 g/mol. The summed E-state index contributed by atoms with van der Waals surface area (Å²) >= 11 is 0. The van der Waals surface area contributed by atoms with Crippen molar-refractivity contribution in [2.24, 2.45) is 0 Å². The fourth-order valence-corrected chi connectivity index (χ4v) is 2.95. The van der Waals surface area contributed by atoms with Gasteiger partial charge in [0.1, 0.15) is 5.82 Å². The van der Waals surface area contributed by atoms with E-state index in [1.807, 2.05) is 0 Å². The molecular formula is C18H25FN2O2. The predicted octanol–water partition coefficient (Wildman–Crippen LogP) is 2.67. The van der Waals surface area contributed by atoms with E-state index in [4.69, 9.17) is 0 Å². The Morgan fingerprint density at radius 3 is 2.43 bits per heavy atom. The van der Waals surface area contributed by atoms with Crippen LogP contribution in [-0.2, 0) is 16.0 Å². The molecule has 0 bridgehead atoms.